The molecule has 0 radical (unpaired) electrons. The van der Waals surface area contributed by atoms with Crippen molar-refractivity contribution < 1.29 is 23.8 Å². The number of nitrogens with zero attached hydrogens (tertiary/aromatic N) is 2. The minimum atomic E-state index is -0.543. The highest BCUT2D eigenvalue weighted by molar-refractivity contribution is 5.90. The van der Waals surface area contributed by atoms with E-state index in [0.717, 1.165) is 5.69 Å². The Morgan fingerprint density at radius 3 is 2.53 bits per heavy atom. The Morgan fingerprint density at radius 2 is 1.90 bits per heavy atom. The van der Waals surface area contributed by atoms with Crippen LogP contribution in [0.2, 0.25) is 0 Å². The van der Waals surface area contributed by atoms with Crippen molar-refractivity contribution in [3.8, 4) is 17.2 Å². The number of nitrogens with one attached hydrogen (secondary N) is 1. The summed E-state index contributed by atoms with van der Waals surface area (Å²) in [5.74, 6) is 0.584. The molecule has 1 aliphatic heterocycles. The highest BCUT2D eigenvalue weighted by Crippen LogP contribution is 2.47. The fraction of sp³-hybridized carbons (Fsp3) is 0.409. The second-order valence-corrected chi connectivity index (χ2v) is 7.05. The van der Waals surface area contributed by atoms with Crippen LogP contribution in [0.25, 0.3) is 0 Å². The average Bonchev–Trinajstić information content (AvgIpc) is 3.07. The van der Waals surface area contributed by atoms with E-state index < -0.39 is 12.0 Å². The monoisotopic (exact) mass is 413 g/mol. The van der Waals surface area contributed by atoms with Gasteiger partial charge in [0, 0.05) is 43.9 Å². The third-order valence-corrected chi connectivity index (χ3v) is 5.38. The van der Waals surface area contributed by atoms with Crippen LogP contribution in [-0.2, 0) is 16.0 Å². The Bertz CT molecular complexity index is 903. The van der Waals surface area contributed by atoms with Crippen molar-refractivity contribution in [2.45, 2.75) is 18.9 Å². The van der Waals surface area contributed by atoms with Crippen LogP contribution >= 0.6 is 0 Å². The summed E-state index contributed by atoms with van der Waals surface area (Å²) in [5.41, 5.74) is 1.60. The van der Waals surface area contributed by atoms with Crippen molar-refractivity contribution in [3.05, 3.63) is 47.8 Å². The smallest absolute Gasteiger partial charge is 0.226 e. The number of hydrogen-bond acceptors (Lipinski definition) is 6. The van der Waals surface area contributed by atoms with Crippen molar-refractivity contribution in [1.82, 2.24) is 15.2 Å². The molecular formula is C22H27N3O5. The van der Waals surface area contributed by atoms with Crippen LogP contribution in [0.5, 0.6) is 17.2 Å². The summed E-state index contributed by atoms with van der Waals surface area (Å²) in [7, 11) is 6.29. The molecule has 8 heteroatoms. The van der Waals surface area contributed by atoms with Gasteiger partial charge in [0.2, 0.25) is 17.6 Å². The summed E-state index contributed by atoms with van der Waals surface area (Å²) in [4.78, 5) is 31.3. The van der Waals surface area contributed by atoms with Gasteiger partial charge in [0.15, 0.2) is 11.5 Å². The molecule has 1 aromatic carbocycles. The van der Waals surface area contributed by atoms with E-state index in [1.165, 1.54) is 14.2 Å². The largest absolute Gasteiger partial charge is 0.493 e. The normalized spacial score (nSPS) is 18.3. The predicted molar refractivity (Wildman–Crippen MR) is 111 cm³/mol. The minimum absolute atomic E-state index is 0.0956. The lowest BCUT2D eigenvalue weighted by Crippen LogP contribution is -2.35. The van der Waals surface area contributed by atoms with E-state index in [4.69, 9.17) is 14.2 Å². The number of carbonyl (C=O) groups is 2. The van der Waals surface area contributed by atoms with Gasteiger partial charge in [-0.15, -0.1) is 0 Å². The number of ether oxygens (including phenoxy) is 3. The van der Waals surface area contributed by atoms with E-state index in [0.29, 0.717) is 35.8 Å². The summed E-state index contributed by atoms with van der Waals surface area (Å²) >= 11 is 0. The fourth-order valence-electron chi connectivity index (χ4n) is 3.88. The number of amides is 2. The Hall–Kier alpha value is -3.29. The van der Waals surface area contributed by atoms with E-state index in [9.17, 15) is 9.59 Å². The van der Waals surface area contributed by atoms with Gasteiger partial charge < -0.3 is 24.4 Å². The molecule has 0 spiro atoms. The topological polar surface area (TPSA) is 90.0 Å². The molecule has 1 fully saturated rings. The average molecular weight is 413 g/mol. The van der Waals surface area contributed by atoms with Crippen molar-refractivity contribution in [2.75, 3.05) is 34.9 Å². The SMILES string of the molecule is COc1ccc([C@@H]2[C@@H](C(=O)NCCc3ccccn3)CC(=O)N2C)c(OC)c1OC. The third-order valence-electron chi connectivity index (χ3n) is 5.38. The first kappa shape index (κ1) is 21.4. The number of benzene rings is 1. The molecule has 1 aliphatic rings. The van der Waals surface area contributed by atoms with E-state index in [1.807, 2.05) is 24.3 Å². The van der Waals surface area contributed by atoms with Crippen LogP contribution in [0, 0.1) is 5.92 Å². The maximum atomic E-state index is 13.0. The number of pyridine rings is 1. The summed E-state index contributed by atoms with van der Waals surface area (Å²) in [5, 5.41) is 2.95. The zero-order chi connectivity index (χ0) is 21.7. The van der Waals surface area contributed by atoms with E-state index in [-0.39, 0.29) is 18.2 Å². The standard InChI is InChI=1S/C22H27N3O5/c1-25-18(26)13-16(22(27)24-12-10-14-7-5-6-11-23-14)19(25)15-8-9-17(28-2)21(30-4)20(15)29-3/h5-9,11,16,19H,10,12-13H2,1-4H3,(H,24,27)/t16-,19+/m0/s1. The number of rotatable bonds is 8. The van der Waals surface area contributed by atoms with Gasteiger partial charge in [0.05, 0.1) is 33.3 Å². The maximum absolute atomic E-state index is 13.0. The van der Waals surface area contributed by atoms with Gasteiger partial charge in [-0.3, -0.25) is 14.6 Å². The first-order valence-corrected chi connectivity index (χ1v) is 9.74. The van der Waals surface area contributed by atoms with E-state index in [1.54, 1.807) is 31.3 Å². The number of carbonyl (C=O) groups excluding carboxylic acids is 2. The quantitative estimate of drug-likeness (QED) is 0.712. The molecule has 0 bridgehead atoms. The fourth-order valence-corrected chi connectivity index (χ4v) is 3.88. The summed E-state index contributed by atoms with van der Waals surface area (Å²) in [6.07, 6.45) is 2.47. The van der Waals surface area contributed by atoms with Gasteiger partial charge in [-0.05, 0) is 24.3 Å². The lowest BCUT2D eigenvalue weighted by molar-refractivity contribution is -0.128. The Labute approximate surface area is 176 Å². The van der Waals surface area contributed by atoms with Crippen LogP contribution in [0.15, 0.2) is 36.5 Å². The molecule has 30 heavy (non-hydrogen) atoms. The first-order valence-electron chi connectivity index (χ1n) is 9.74. The molecule has 2 aromatic rings. The van der Waals surface area contributed by atoms with Crippen LogP contribution < -0.4 is 19.5 Å². The molecule has 1 aromatic heterocycles. The number of methoxy groups -OCH3 is 3. The Balaban J connectivity index is 1.83. The Morgan fingerprint density at radius 1 is 1.13 bits per heavy atom. The minimum Gasteiger partial charge on any atom is -0.493 e. The second kappa shape index (κ2) is 9.47. The predicted octanol–water partition coefficient (Wildman–Crippen LogP) is 1.99. The van der Waals surface area contributed by atoms with Crippen molar-refractivity contribution in [3.63, 3.8) is 0 Å². The third kappa shape index (κ3) is 4.17. The Kier molecular flexibility index (Phi) is 6.76. The highest BCUT2D eigenvalue weighted by atomic mass is 16.5. The second-order valence-electron chi connectivity index (χ2n) is 7.05. The molecule has 2 amide bonds. The van der Waals surface area contributed by atoms with Crippen LogP contribution in [0.4, 0.5) is 0 Å². The van der Waals surface area contributed by atoms with Gasteiger partial charge in [-0.2, -0.15) is 0 Å². The zero-order valence-electron chi connectivity index (χ0n) is 17.7. The van der Waals surface area contributed by atoms with E-state index in [2.05, 4.69) is 10.3 Å². The summed E-state index contributed by atoms with van der Waals surface area (Å²) < 4.78 is 16.4. The molecule has 1 saturated heterocycles. The molecule has 0 saturated carbocycles. The van der Waals surface area contributed by atoms with Crippen LogP contribution in [0.3, 0.4) is 0 Å². The number of hydrogen-bond donors (Lipinski definition) is 1. The summed E-state index contributed by atoms with van der Waals surface area (Å²) in [6, 6.07) is 8.77. The number of likely N-dealkylation sites (tertiary alicyclic amines) is 1. The van der Waals surface area contributed by atoms with Crippen molar-refractivity contribution >= 4 is 11.8 Å². The molecule has 8 nitrogen and oxygen atoms in total. The molecule has 1 N–H and O–H groups in total. The molecule has 0 unspecified atom stereocenters. The van der Waals surface area contributed by atoms with Crippen LogP contribution in [0.1, 0.15) is 23.7 Å². The molecule has 0 aliphatic carbocycles. The molecule has 160 valence electrons. The van der Waals surface area contributed by atoms with Gasteiger partial charge in [0.1, 0.15) is 0 Å². The van der Waals surface area contributed by atoms with Gasteiger partial charge in [-0.1, -0.05) is 6.07 Å². The molecule has 2 heterocycles. The highest BCUT2D eigenvalue weighted by Gasteiger charge is 2.44. The van der Waals surface area contributed by atoms with Crippen molar-refractivity contribution in [1.29, 1.82) is 0 Å². The van der Waals surface area contributed by atoms with Crippen LogP contribution in [-0.4, -0.2) is 56.6 Å². The molecular weight excluding hydrogens is 386 g/mol. The zero-order valence-corrected chi connectivity index (χ0v) is 17.7. The lowest BCUT2D eigenvalue weighted by Gasteiger charge is -2.27. The van der Waals surface area contributed by atoms with Gasteiger partial charge >= 0.3 is 0 Å². The van der Waals surface area contributed by atoms with Crippen molar-refractivity contribution in [2.24, 2.45) is 5.92 Å². The first-order chi connectivity index (χ1) is 14.5. The number of aromatic nitrogens is 1. The maximum Gasteiger partial charge on any atom is 0.226 e. The molecule has 3 rings (SSSR count). The van der Waals surface area contributed by atoms with E-state index >= 15 is 0 Å². The summed E-state index contributed by atoms with van der Waals surface area (Å²) in [6.45, 7) is 0.444. The van der Waals surface area contributed by atoms with Gasteiger partial charge in [0.25, 0.3) is 0 Å². The molecule has 2 atom stereocenters. The lowest BCUT2D eigenvalue weighted by atomic mass is 9.91. The van der Waals surface area contributed by atoms with Gasteiger partial charge in [-0.25, -0.2) is 0 Å².